The van der Waals surface area contributed by atoms with Gasteiger partial charge in [0.1, 0.15) is 17.5 Å². The van der Waals surface area contributed by atoms with Gasteiger partial charge in [0.25, 0.3) is 0 Å². The molecule has 2 rings (SSSR count). The first kappa shape index (κ1) is 12.3. The first-order chi connectivity index (χ1) is 8.56. The van der Waals surface area contributed by atoms with Gasteiger partial charge in [-0.05, 0) is 20.8 Å². The van der Waals surface area contributed by atoms with Crippen molar-refractivity contribution in [3.63, 3.8) is 0 Å². The van der Waals surface area contributed by atoms with E-state index in [1.54, 1.807) is 6.92 Å². The summed E-state index contributed by atoms with van der Waals surface area (Å²) in [6.45, 7) is 6.13. The second-order valence-electron chi connectivity index (χ2n) is 4.04. The first-order valence-electron chi connectivity index (χ1n) is 5.70. The smallest absolute Gasteiger partial charge is 0.228 e. The van der Waals surface area contributed by atoms with Crippen LogP contribution in [0.5, 0.6) is 0 Å². The van der Waals surface area contributed by atoms with Gasteiger partial charge >= 0.3 is 0 Å². The molecule has 0 aliphatic rings. The second kappa shape index (κ2) is 4.99. The zero-order valence-electron chi connectivity index (χ0n) is 10.7. The number of nitrogens with two attached hydrogens (primary N) is 1. The molecule has 2 aromatic heterocycles. The van der Waals surface area contributed by atoms with E-state index in [0.29, 0.717) is 36.3 Å². The lowest BCUT2D eigenvalue weighted by atomic mass is 10.3. The number of nitrogens with one attached hydrogen (secondary N) is 1. The van der Waals surface area contributed by atoms with Crippen molar-refractivity contribution in [2.24, 2.45) is 0 Å². The molecule has 0 fully saturated rings. The minimum Gasteiger partial charge on any atom is -0.383 e. The molecule has 0 atom stereocenters. The van der Waals surface area contributed by atoms with Gasteiger partial charge in [0.2, 0.25) is 5.89 Å². The van der Waals surface area contributed by atoms with E-state index in [1.165, 1.54) is 0 Å². The monoisotopic (exact) mass is 248 g/mol. The number of aryl methyl sites for hydroxylation is 2. The maximum atomic E-state index is 5.78. The zero-order chi connectivity index (χ0) is 13.1. The molecule has 2 heterocycles. The van der Waals surface area contributed by atoms with E-state index < -0.39 is 0 Å². The predicted octanol–water partition coefficient (Wildman–Crippen LogP) is 1.02. The summed E-state index contributed by atoms with van der Waals surface area (Å²) in [5.41, 5.74) is 6.63. The van der Waals surface area contributed by atoms with Crippen LogP contribution in [0.3, 0.4) is 0 Å². The lowest BCUT2D eigenvalue weighted by molar-refractivity contribution is 0.377. The Kier molecular flexibility index (Phi) is 3.40. The lowest BCUT2D eigenvalue weighted by Crippen LogP contribution is -2.11. The van der Waals surface area contributed by atoms with Crippen molar-refractivity contribution >= 4 is 11.6 Å². The Morgan fingerprint density at radius 1 is 1.11 bits per heavy atom. The van der Waals surface area contributed by atoms with Gasteiger partial charge in [-0.15, -0.1) is 0 Å². The second-order valence-corrected chi connectivity index (χ2v) is 4.04. The minimum atomic E-state index is 0.499. The molecule has 0 spiro atoms. The van der Waals surface area contributed by atoms with Crippen molar-refractivity contribution < 1.29 is 4.52 Å². The van der Waals surface area contributed by atoms with Crippen molar-refractivity contribution in [3.05, 3.63) is 23.1 Å². The first-order valence-corrected chi connectivity index (χ1v) is 5.70. The molecule has 0 unspecified atom stereocenters. The number of anilines is 2. The van der Waals surface area contributed by atoms with E-state index in [4.69, 9.17) is 10.3 Å². The van der Waals surface area contributed by atoms with Crippen LogP contribution in [0.4, 0.5) is 11.6 Å². The summed E-state index contributed by atoms with van der Waals surface area (Å²) < 4.78 is 5.02. The number of rotatable bonds is 4. The van der Waals surface area contributed by atoms with Crippen molar-refractivity contribution in [1.29, 1.82) is 0 Å². The molecular weight excluding hydrogens is 232 g/mol. The van der Waals surface area contributed by atoms with Crippen LogP contribution in [0.2, 0.25) is 0 Å². The SMILES string of the molecule is Cc1noc(CCNc2nc(C)nc(N)c2C)n1. The largest absolute Gasteiger partial charge is 0.383 e. The molecule has 0 saturated carbocycles. The van der Waals surface area contributed by atoms with Crippen LogP contribution in [0.1, 0.15) is 23.1 Å². The fraction of sp³-hybridized carbons (Fsp3) is 0.455. The number of hydrogen-bond donors (Lipinski definition) is 2. The van der Waals surface area contributed by atoms with Crippen molar-refractivity contribution in [2.75, 3.05) is 17.6 Å². The molecule has 3 N–H and O–H groups in total. The van der Waals surface area contributed by atoms with Gasteiger partial charge in [-0.1, -0.05) is 5.16 Å². The molecular formula is C11H16N6O. The molecule has 18 heavy (non-hydrogen) atoms. The molecule has 0 aromatic carbocycles. The van der Waals surface area contributed by atoms with Crippen molar-refractivity contribution in [1.82, 2.24) is 20.1 Å². The molecule has 2 aromatic rings. The molecule has 7 heteroatoms. The van der Waals surface area contributed by atoms with Gasteiger partial charge < -0.3 is 15.6 Å². The Balaban J connectivity index is 1.98. The number of hydrogen-bond acceptors (Lipinski definition) is 7. The molecule has 0 amide bonds. The average Bonchev–Trinajstić information content (AvgIpc) is 2.71. The molecule has 96 valence electrons. The highest BCUT2D eigenvalue weighted by molar-refractivity contribution is 5.54. The van der Waals surface area contributed by atoms with Crippen LogP contribution >= 0.6 is 0 Å². The summed E-state index contributed by atoms with van der Waals surface area (Å²) in [5, 5.41) is 6.92. The summed E-state index contributed by atoms with van der Waals surface area (Å²) in [5.74, 6) is 3.14. The fourth-order valence-corrected chi connectivity index (χ4v) is 1.55. The van der Waals surface area contributed by atoms with E-state index in [1.807, 2.05) is 13.8 Å². The summed E-state index contributed by atoms with van der Waals surface area (Å²) in [6, 6.07) is 0. The number of nitrogens with zero attached hydrogens (tertiary/aromatic N) is 4. The number of aromatic nitrogens is 4. The minimum absolute atomic E-state index is 0.499. The average molecular weight is 248 g/mol. The Labute approximate surface area is 105 Å². The Morgan fingerprint density at radius 2 is 1.89 bits per heavy atom. The Morgan fingerprint density at radius 3 is 2.56 bits per heavy atom. The van der Waals surface area contributed by atoms with E-state index >= 15 is 0 Å². The van der Waals surface area contributed by atoms with E-state index in [2.05, 4.69) is 25.4 Å². The van der Waals surface area contributed by atoms with Gasteiger partial charge in [-0.2, -0.15) is 4.98 Å². The third-order valence-corrected chi connectivity index (χ3v) is 2.50. The molecule has 7 nitrogen and oxygen atoms in total. The third kappa shape index (κ3) is 2.73. The lowest BCUT2D eigenvalue weighted by Gasteiger charge is -2.09. The van der Waals surface area contributed by atoms with Crippen LogP contribution in [0.25, 0.3) is 0 Å². The van der Waals surface area contributed by atoms with Crippen LogP contribution in [0.15, 0.2) is 4.52 Å². The highest BCUT2D eigenvalue weighted by atomic mass is 16.5. The van der Waals surface area contributed by atoms with E-state index in [9.17, 15) is 0 Å². The van der Waals surface area contributed by atoms with Gasteiger partial charge in [0, 0.05) is 18.5 Å². The van der Waals surface area contributed by atoms with Crippen LogP contribution in [-0.2, 0) is 6.42 Å². The van der Waals surface area contributed by atoms with Crippen molar-refractivity contribution in [2.45, 2.75) is 27.2 Å². The number of nitrogen functional groups attached to an aromatic ring is 1. The Hall–Kier alpha value is -2.18. The van der Waals surface area contributed by atoms with Gasteiger partial charge in [-0.3, -0.25) is 0 Å². The topological polar surface area (TPSA) is 103 Å². The third-order valence-electron chi connectivity index (χ3n) is 2.50. The Bertz CT molecular complexity index is 550. The highest BCUT2D eigenvalue weighted by Gasteiger charge is 2.07. The molecule has 0 aliphatic carbocycles. The van der Waals surface area contributed by atoms with Crippen LogP contribution in [0, 0.1) is 20.8 Å². The summed E-state index contributed by atoms with van der Waals surface area (Å²) in [7, 11) is 0. The maximum Gasteiger partial charge on any atom is 0.228 e. The maximum absolute atomic E-state index is 5.78. The van der Waals surface area contributed by atoms with Crippen molar-refractivity contribution in [3.8, 4) is 0 Å². The van der Waals surface area contributed by atoms with Gasteiger partial charge in [0.15, 0.2) is 5.82 Å². The molecule has 0 saturated heterocycles. The molecule has 0 aliphatic heterocycles. The zero-order valence-corrected chi connectivity index (χ0v) is 10.7. The van der Waals surface area contributed by atoms with Gasteiger partial charge in [-0.25, -0.2) is 9.97 Å². The van der Waals surface area contributed by atoms with Crippen LogP contribution < -0.4 is 11.1 Å². The quantitative estimate of drug-likeness (QED) is 0.832. The van der Waals surface area contributed by atoms with Gasteiger partial charge in [0.05, 0.1) is 0 Å². The molecule has 0 radical (unpaired) electrons. The van der Waals surface area contributed by atoms with E-state index in [0.717, 1.165) is 11.4 Å². The molecule has 0 bridgehead atoms. The summed E-state index contributed by atoms with van der Waals surface area (Å²) >= 11 is 0. The fourth-order valence-electron chi connectivity index (χ4n) is 1.55. The standard InChI is InChI=1S/C11H16N6O/c1-6-10(12)15-7(2)16-11(6)13-5-4-9-14-8(3)17-18-9/h4-5H2,1-3H3,(H3,12,13,15,16). The predicted molar refractivity (Wildman–Crippen MR) is 67.1 cm³/mol. The van der Waals surface area contributed by atoms with Crippen LogP contribution in [-0.4, -0.2) is 26.7 Å². The summed E-state index contributed by atoms with van der Waals surface area (Å²) in [6.07, 6.45) is 0.642. The highest BCUT2D eigenvalue weighted by Crippen LogP contribution is 2.16. The summed E-state index contributed by atoms with van der Waals surface area (Å²) in [4.78, 5) is 12.5. The van der Waals surface area contributed by atoms with E-state index in [-0.39, 0.29) is 0 Å². The normalized spacial score (nSPS) is 10.6.